The van der Waals surface area contributed by atoms with E-state index in [1.165, 1.54) is 10.5 Å². The van der Waals surface area contributed by atoms with Gasteiger partial charge >= 0.3 is 0 Å². The largest absolute Gasteiger partial charge is 0.345 e. The molecule has 0 saturated carbocycles. The monoisotopic (exact) mass is 497 g/mol. The number of rotatable bonds is 4. The number of H-pyrrole nitrogens is 1. The van der Waals surface area contributed by atoms with Crippen LogP contribution in [-0.4, -0.2) is 64.7 Å². The number of carbonyl (C=O) groups is 1. The Morgan fingerprint density at radius 1 is 0.861 bits per heavy atom. The topological polar surface area (TPSA) is 99.3 Å². The number of aromatic amines is 1. The Bertz CT molecular complexity index is 1690. The zero-order valence-electron chi connectivity index (χ0n) is 19.3. The Kier molecular flexibility index (Phi) is 5.50. The lowest BCUT2D eigenvalue weighted by atomic mass is 10.0. The Balaban J connectivity index is 1.27. The molecular weight excluding hydrogens is 474 g/mol. The summed E-state index contributed by atoms with van der Waals surface area (Å²) in [7, 11) is -3.72. The average molecular weight is 498 g/mol. The molecule has 0 bridgehead atoms. The number of nitrogens with zero attached hydrogens (tertiary/aromatic N) is 4. The van der Waals surface area contributed by atoms with E-state index in [0.29, 0.717) is 29.7 Å². The summed E-state index contributed by atoms with van der Waals surface area (Å²) < 4.78 is 28.1. The van der Waals surface area contributed by atoms with Crippen LogP contribution in [0.4, 0.5) is 0 Å². The number of nitrogens with one attached hydrogen (secondary N) is 1. The van der Waals surface area contributed by atoms with Crippen LogP contribution in [0.15, 0.2) is 90.1 Å². The predicted octanol–water partition coefficient (Wildman–Crippen LogP) is 3.92. The first-order valence-corrected chi connectivity index (χ1v) is 13.1. The highest BCUT2D eigenvalue weighted by Gasteiger charge is 2.32. The molecule has 1 N–H and O–H groups in total. The van der Waals surface area contributed by atoms with Gasteiger partial charge in [0.25, 0.3) is 5.91 Å². The summed E-state index contributed by atoms with van der Waals surface area (Å²) in [6.45, 7) is 1.04. The number of carbonyl (C=O) groups excluding carboxylic acids is 1. The molecule has 4 heterocycles. The van der Waals surface area contributed by atoms with Crippen LogP contribution in [0.2, 0.25) is 0 Å². The van der Waals surface area contributed by atoms with E-state index in [0.717, 1.165) is 22.2 Å². The number of hydrogen-bond donors (Lipinski definition) is 1. The van der Waals surface area contributed by atoms with E-state index in [1.54, 1.807) is 23.2 Å². The molecule has 0 atom stereocenters. The lowest BCUT2D eigenvalue weighted by Crippen LogP contribution is -2.50. The van der Waals surface area contributed by atoms with Gasteiger partial charge in [-0.05, 0) is 24.3 Å². The van der Waals surface area contributed by atoms with Crippen LogP contribution in [0.3, 0.4) is 0 Å². The predicted molar refractivity (Wildman–Crippen MR) is 138 cm³/mol. The molecule has 1 aliphatic rings. The molecule has 0 spiro atoms. The van der Waals surface area contributed by atoms with Crippen molar-refractivity contribution in [2.45, 2.75) is 4.90 Å². The Morgan fingerprint density at radius 3 is 2.39 bits per heavy atom. The van der Waals surface area contributed by atoms with Gasteiger partial charge in [0.15, 0.2) is 0 Å². The second kappa shape index (κ2) is 8.85. The lowest BCUT2D eigenvalue weighted by Gasteiger charge is -2.34. The summed E-state index contributed by atoms with van der Waals surface area (Å²) in [5, 5.41) is 1.34. The summed E-state index contributed by atoms with van der Waals surface area (Å²) in [5.74, 6) is -0.126. The first kappa shape index (κ1) is 22.4. The minimum Gasteiger partial charge on any atom is -0.345 e. The van der Waals surface area contributed by atoms with E-state index in [9.17, 15) is 13.2 Å². The van der Waals surface area contributed by atoms with E-state index in [1.807, 2.05) is 60.7 Å². The van der Waals surface area contributed by atoms with E-state index in [2.05, 4.69) is 9.97 Å². The number of piperazine rings is 1. The standard InChI is InChI=1S/C27H23N5O3S/c33-27(22-17-24(19-7-2-1-3-8-19)30-23-11-5-4-9-20(22)23)31-13-15-32(16-14-31)36(34,35)25-18-29-26-21(25)10-6-12-28-26/h1-12,17-18H,13-16H2,(H,28,29). The van der Waals surface area contributed by atoms with Crippen molar-refractivity contribution in [2.24, 2.45) is 0 Å². The summed E-state index contributed by atoms with van der Waals surface area (Å²) in [6, 6.07) is 22.7. The minimum atomic E-state index is -3.72. The first-order chi connectivity index (χ1) is 17.5. The van der Waals surface area contributed by atoms with Crippen molar-refractivity contribution in [3.8, 4) is 11.3 Å². The number of sulfonamides is 1. The number of amides is 1. The number of para-hydroxylation sites is 1. The van der Waals surface area contributed by atoms with Crippen molar-refractivity contribution in [3.63, 3.8) is 0 Å². The van der Waals surface area contributed by atoms with Crippen LogP contribution >= 0.6 is 0 Å². The number of hydrogen-bond acceptors (Lipinski definition) is 5. The van der Waals surface area contributed by atoms with Gasteiger partial charge in [-0.3, -0.25) is 4.79 Å². The maximum absolute atomic E-state index is 13.7. The molecular formula is C27H23N5O3S. The fraction of sp³-hybridized carbons (Fsp3) is 0.148. The number of benzene rings is 2. The molecule has 5 aromatic rings. The molecule has 1 aliphatic heterocycles. The third kappa shape index (κ3) is 3.82. The molecule has 180 valence electrons. The van der Waals surface area contributed by atoms with Crippen LogP contribution in [-0.2, 0) is 10.0 Å². The van der Waals surface area contributed by atoms with Crippen molar-refractivity contribution in [1.29, 1.82) is 0 Å². The van der Waals surface area contributed by atoms with Gasteiger partial charge < -0.3 is 9.88 Å². The zero-order chi connectivity index (χ0) is 24.7. The molecule has 9 heteroatoms. The molecule has 8 nitrogen and oxygen atoms in total. The van der Waals surface area contributed by atoms with Crippen LogP contribution in [0, 0.1) is 0 Å². The second-order valence-electron chi connectivity index (χ2n) is 8.69. The van der Waals surface area contributed by atoms with E-state index in [4.69, 9.17) is 4.98 Å². The van der Waals surface area contributed by atoms with Crippen LogP contribution in [0.1, 0.15) is 10.4 Å². The fourth-order valence-corrected chi connectivity index (χ4v) is 6.27. The molecule has 1 saturated heterocycles. The second-order valence-corrected chi connectivity index (χ2v) is 10.6. The molecule has 1 amide bonds. The first-order valence-electron chi connectivity index (χ1n) is 11.7. The van der Waals surface area contributed by atoms with E-state index in [-0.39, 0.29) is 23.9 Å². The highest BCUT2D eigenvalue weighted by Crippen LogP contribution is 2.28. The van der Waals surface area contributed by atoms with Gasteiger partial charge in [0.1, 0.15) is 10.5 Å². The minimum absolute atomic E-state index is 0.126. The third-order valence-corrected chi connectivity index (χ3v) is 8.51. The van der Waals surface area contributed by atoms with Gasteiger partial charge in [0.2, 0.25) is 10.0 Å². The number of pyridine rings is 2. The highest BCUT2D eigenvalue weighted by molar-refractivity contribution is 7.89. The van der Waals surface area contributed by atoms with Crippen molar-refractivity contribution >= 4 is 37.9 Å². The van der Waals surface area contributed by atoms with Gasteiger partial charge in [0.05, 0.1) is 16.8 Å². The molecule has 0 aliphatic carbocycles. The average Bonchev–Trinajstić information content (AvgIpc) is 3.38. The summed E-state index contributed by atoms with van der Waals surface area (Å²) in [4.78, 5) is 27.5. The van der Waals surface area contributed by atoms with Crippen molar-refractivity contribution < 1.29 is 13.2 Å². The highest BCUT2D eigenvalue weighted by atomic mass is 32.2. The third-order valence-electron chi connectivity index (χ3n) is 6.57. The van der Waals surface area contributed by atoms with Crippen molar-refractivity contribution in [2.75, 3.05) is 26.2 Å². The summed E-state index contributed by atoms with van der Waals surface area (Å²) >= 11 is 0. The summed E-state index contributed by atoms with van der Waals surface area (Å²) in [6.07, 6.45) is 3.10. The van der Waals surface area contributed by atoms with Gasteiger partial charge in [-0.25, -0.2) is 18.4 Å². The fourth-order valence-electron chi connectivity index (χ4n) is 4.69. The summed E-state index contributed by atoms with van der Waals surface area (Å²) in [5.41, 5.74) is 3.51. The molecule has 0 unspecified atom stereocenters. The van der Waals surface area contributed by atoms with Crippen LogP contribution in [0.25, 0.3) is 33.2 Å². The molecule has 2 aromatic carbocycles. The molecule has 3 aromatic heterocycles. The van der Waals surface area contributed by atoms with Gasteiger partial charge in [0, 0.05) is 54.9 Å². The molecule has 36 heavy (non-hydrogen) atoms. The van der Waals surface area contributed by atoms with Gasteiger partial charge in [-0.1, -0.05) is 48.5 Å². The lowest BCUT2D eigenvalue weighted by molar-refractivity contribution is 0.0700. The Morgan fingerprint density at radius 2 is 1.58 bits per heavy atom. The normalized spacial score (nSPS) is 14.9. The number of fused-ring (bicyclic) bond motifs is 2. The van der Waals surface area contributed by atoms with Gasteiger partial charge in [-0.2, -0.15) is 4.31 Å². The zero-order valence-corrected chi connectivity index (χ0v) is 20.1. The molecule has 0 radical (unpaired) electrons. The Hall–Kier alpha value is -4.08. The van der Waals surface area contributed by atoms with Crippen molar-refractivity contribution in [3.05, 3.63) is 90.8 Å². The smallest absolute Gasteiger partial charge is 0.254 e. The number of aromatic nitrogens is 3. The Labute approximate surface area is 208 Å². The molecule has 1 fully saturated rings. The SMILES string of the molecule is O=C(c1cc(-c2ccccc2)nc2ccccc12)N1CCN(S(=O)(=O)c2c[nH]c3ncccc23)CC1. The van der Waals surface area contributed by atoms with Crippen LogP contribution < -0.4 is 0 Å². The quantitative estimate of drug-likeness (QED) is 0.406. The van der Waals surface area contributed by atoms with Crippen molar-refractivity contribution in [1.82, 2.24) is 24.2 Å². The maximum atomic E-state index is 13.7. The van der Waals surface area contributed by atoms with E-state index < -0.39 is 10.0 Å². The maximum Gasteiger partial charge on any atom is 0.254 e. The molecule has 6 rings (SSSR count). The van der Waals surface area contributed by atoms with Gasteiger partial charge in [-0.15, -0.1) is 0 Å². The van der Waals surface area contributed by atoms with E-state index >= 15 is 0 Å². The van der Waals surface area contributed by atoms with Crippen LogP contribution in [0.5, 0.6) is 0 Å².